The van der Waals surface area contributed by atoms with E-state index in [1.165, 1.54) is 4.31 Å². The van der Waals surface area contributed by atoms with Crippen LogP contribution in [0.3, 0.4) is 0 Å². The van der Waals surface area contributed by atoms with Gasteiger partial charge in [-0.15, -0.1) is 0 Å². The summed E-state index contributed by atoms with van der Waals surface area (Å²) in [6.45, 7) is 5.67. The molecule has 0 spiro atoms. The number of sulfonamides is 1. The first-order valence-electron chi connectivity index (χ1n) is 6.98. The van der Waals surface area contributed by atoms with E-state index >= 15 is 0 Å². The van der Waals surface area contributed by atoms with Crippen molar-refractivity contribution in [3.8, 4) is 0 Å². The molecule has 1 aromatic rings. The molecule has 0 radical (unpaired) electrons. The molecule has 1 fully saturated rings. The lowest BCUT2D eigenvalue weighted by Gasteiger charge is -2.26. The van der Waals surface area contributed by atoms with Crippen LogP contribution in [0.2, 0.25) is 0 Å². The molecule has 0 saturated carbocycles. The number of hydrogen-bond acceptors (Lipinski definition) is 4. The highest BCUT2D eigenvalue weighted by atomic mass is 32.2. The molecule has 118 valence electrons. The Morgan fingerprint density at radius 1 is 1.38 bits per heavy atom. The van der Waals surface area contributed by atoms with Crippen LogP contribution in [0.4, 0.5) is 0 Å². The van der Waals surface area contributed by atoms with Gasteiger partial charge in [0, 0.05) is 26.0 Å². The van der Waals surface area contributed by atoms with Gasteiger partial charge in [-0.2, -0.15) is 4.31 Å². The van der Waals surface area contributed by atoms with Crippen molar-refractivity contribution < 1.29 is 17.9 Å². The summed E-state index contributed by atoms with van der Waals surface area (Å²) in [4.78, 5) is 12.4. The second-order valence-corrected chi connectivity index (χ2v) is 8.21. The summed E-state index contributed by atoms with van der Waals surface area (Å²) in [5.41, 5.74) is -0.623. The number of rotatable bonds is 3. The molecular formula is C14H22N2O4S. The minimum absolute atomic E-state index is 0.209. The normalized spacial score (nSPS) is 20.7. The number of aryl methyl sites for hydroxylation is 1. The Bertz CT molecular complexity index is 628. The third kappa shape index (κ3) is 3.47. The van der Waals surface area contributed by atoms with Crippen LogP contribution in [0.1, 0.15) is 33.6 Å². The monoisotopic (exact) mass is 314 g/mol. The van der Waals surface area contributed by atoms with Crippen LogP contribution in [-0.2, 0) is 26.6 Å². The van der Waals surface area contributed by atoms with Gasteiger partial charge in [-0.3, -0.25) is 4.79 Å². The molecule has 0 bridgehead atoms. The molecule has 1 aliphatic heterocycles. The van der Waals surface area contributed by atoms with Gasteiger partial charge in [-0.1, -0.05) is 0 Å². The summed E-state index contributed by atoms with van der Waals surface area (Å²) in [5, 5.41) is 0. The number of esters is 1. The number of carbonyl (C=O) groups is 1. The molecular weight excluding hydrogens is 292 g/mol. The maximum Gasteiger partial charge on any atom is 0.324 e. The standard InChI is InChI=1S/C14H22N2O4S/c1-14(2,3)20-13(17)12-6-5-8-16(12)21(18,19)11-7-9-15(4)10-11/h7,9-10,12H,5-6,8H2,1-4H3/t12-/m0/s1. The molecule has 0 aliphatic carbocycles. The Morgan fingerprint density at radius 3 is 2.57 bits per heavy atom. The first-order valence-corrected chi connectivity index (χ1v) is 8.42. The van der Waals surface area contributed by atoms with Gasteiger partial charge in [-0.25, -0.2) is 8.42 Å². The molecule has 21 heavy (non-hydrogen) atoms. The molecule has 0 unspecified atom stereocenters. The third-order valence-corrected chi connectivity index (χ3v) is 5.19. The molecule has 1 aliphatic rings. The predicted molar refractivity (Wildman–Crippen MR) is 78.2 cm³/mol. The van der Waals surface area contributed by atoms with Crippen molar-refractivity contribution in [3.63, 3.8) is 0 Å². The van der Waals surface area contributed by atoms with Crippen molar-refractivity contribution in [1.29, 1.82) is 0 Å². The van der Waals surface area contributed by atoms with Crippen LogP contribution in [0.25, 0.3) is 0 Å². The van der Waals surface area contributed by atoms with Gasteiger partial charge >= 0.3 is 5.97 Å². The van der Waals surface area contributed by atoms with Crippen LogP contribution in [-0.4, -0.2) is 41.4 Å². The van der Waals surface area contributed by atoms with E-state index in [-0.39, 0.29) is 4.90 Å². The molecule has 6 nitrogen and oxygen atoms in total. The van der Waals surface area contributed by atoms with Gasteiger partial charge in [0.25, 0.3) is 0 Å². The third-order valence-electron chi connectivity index (χ3n) is 3.29. The van der Waals surface area contributed by atoms with Crippen LogP contribution in [0.5, 0.6) is 0 Å². The van der Waals surface area contributed by atoms with Gasteiger partial charge in [-0.05, 0) is 39.7 Å². The van der Waals surface area contributed by atoms with Crippen molar-refractivity contribution in [1.82, 2.24) is 8.87 Å². The minimum atomic E-state index is -3.66. The quantitative estimate of drug-likeness (QED) is 0.793. The average molecular weight is 314 g/mol. The fourth-order valence-corrected chi connectivity index (χ4v) is 4.10. The molecule has 1 aromatic heterocycles. The lowest BCUT2D eigenvalue weighted by Crippen LogP contribution is -2.43. The molecule has 1 saturated heterocycles. The minimum Gasteiger partial charge on any atom is -0.459 e. The molecule has 0 amide bonds. The highest BCUT2D eigenvalue weighted by molar-refractivity contribution is 7.89. The second kappa shape index (κ2) is 5.46. The lowest BCUT2D eigenvalue weighted by molar-refractivity contribution is -0.158. The predicted octanol–water partition coefficient (Wildman–Crippen LogP) is 1.52. The van der Waals surface area contributed by atoms with Crippen LogP contribution in [0, 0.1) is 0 Å². The molecule has 0 N–H and O–H groups in total. The SMILES string of the molecule is Cn1ccc(S(=O)(=O)N2CCC[C@H]2C(=O)OC(C)(C)C)c1. The summed E-state index contributed by atoms with van der Waals surface area (Å²) in [6.07, 6.45) is 4.38. The Hall–Kier alpha value is -1.34. The van der Waals surface area contributed by atoms with E-state index in [0.717, 1.165) is 0 Å². The van der Waals surface area contributed by atoms with Gasteiger partial charge in [0.15, 0.2) is 0 Å². The summed E-state index contributed by atoms with van der Waals surface area (Å²) >= 11 is 0. The van der Waals surface area contributed by atoms with Crippen molar-refractivity contribution in [3.05, 3.63) is 18.5 Å². The molecule has 2 rings (SSSR count). The molecule has 2 heterocycles. The van der Waals surface area contributed by atoms with E-state index in [1.54, 1.807) is 50.8 Å². The van der Waals surface area contributed by atoms with Gasteiger partial charge in [0.2, 0.25) is 10.0 Å². The zero-order chi connectivity index (χ0) is 15.8. The Morgan fingerprint density at radius 2 is 2.05 bits per heavy atom. The van der Waals surface area contributed by atoms with E-state index in [9.17, 15) is 13.2 Å². The summed E-state index contributed by atoms with van der Waals surface area (Å²) in [5.74, 6) is -0.473. The van der Waals surface area contributed by atoms with Crippen molar-refractivity contribution in [2.24, 2.45) is 7.05 Å². The van der Waals surface area contributed by atoms with E-state index in [4.69, 9.17) is 4.74 Å². The smallest absolute Gasteiger partial charge is 0.324 e. The van der Waals surface area contributed by atoms with E-state index in [2.05, 4.69) is 0 Å². The van der Waals surface area contributed by atoms with Crippen LogP contribution < -0.4 is 0 Å². The van der Waals surface area contributed by atoms with E-state index in [1.807, 2.05) is 0 Å². The largest absolute Gasteiger partial charge is 0.459 e. The zero-order valence-electron chi connectivity index (χ0n) is 12.9. The molecule has 1 atom stereocenters. The van der Waals surface area contributed by atoms with Gasteiger partial charge in [0.05, 0.1) is 4.90 Å². The van der Waals surface area contributed by atoms with Crippen molar-refractivity contribution >= 4 is 16.0 Å². The number of nitrogens with zero attached hydrogens (tertiary/aromatic N) is 2. The summed E-state index contributed by atoms with van der Waals surface area (Å²) in [7, 11) is -1.90. The lowest BCUT2D eigenvalue weighted by atomic mass is 10.2. The first-order chi connectivity index (χ1) is 9.61. The number of carbonyl (C=O) groups excluding carboxylic acids is 1. The maximum atomic E-state index is 12.6. The summed E-state index contributed by atoms with van der Waals surface area (Å²) in [6, 6.07) is 0.814. The fraction of sp³-hybridized carbons (Fsp3) is 0.643. The van der Waals surface area contributed by atoms with Crippen LogP contribution >= 0.6 is 0 Å². The highest BCUT2D eigenvalue weighted by Crippen LogP contribution is 2.28. The Labute approximate surface area is 125 Å². The topological polar surface area (TPSA) is 68.6 Å². The average Bonchev–Trinajstić information content (AvgIpc) is 2.94. The number of ether oxygens (including phenoxy) is 1. The maximum absolute atomic E-state index is 12.6. The molecule has 7 heteroatoms. The van der Waals surface area contributed by atoms with E-state index < -0.39 is 27.6 Å². The first kappa shape index (κ1) is 16.0. The second-order valence-electron chi connectivity index (χ2n) is 6.32. The zero-order valence-corrected chi connectivity index (χ0v) is 13.7. The van der Waals surface area contributed by atoms with E-state index in [0.29, 0.717) is 19.4 Å². The number of aromatic nitrogens is 1. The van der Waals surface area contributed by atoms with Crippen molar-refractivity contribution in [2.45, 2.75) is 50.2 Å². The summed E-state index contributed by atoms with van der Waals surface area (Å²) < 4.78 is 33.5. The highest BCUT2D eigenvalue weighted by Gasteiger charge is 2.41. The molecule has 0 aromatic carbocycles. The Kier molecular flexibility index (Phi) is 4.17. The fourth-order valence-electron chi connectivity index (χ4n) is 2.40. The van der Waals surface area contributed by atoms with Crippen molar-refractivity contribution in [2.75, 3.05) is 6.54 Å². The number of hydrogen-bond donors (Lipinski definition) is 0. The van der Waals surface area contributed by atoms with Gasteiger partial charge < -0.3 is 9.30 Å². The van der Waals surface area contributed by atoms with Crippen LogP contribution in [0.15, 0.2) is 23.4 Å². The van der Waals surface area contributed by atoms with Gasteiger partial charge in [0.1, 0.15) is 11.6 Å². The Balaban J connectivity index is 2.24.